The number of hydrogen-bond donors (Lipinski definition) is 0. The average Bonchev–Trinajstić information content (AvgIpc) is 3.66. The van der Waals surface area contributed by atoms with Crippen molar-refractivity contribution in [2.45, 2.75) is 9.79 Å². The third-order valence-electron chi connectivity index (χ3n) is 8.42. The van der Waals surface area contributed by atoms with Crippen LogP contribution in [0.2, 0.25) is 0 Å². The molecular formula is C41H25NO2S. The molecule has 0 amide bonds. The molecule has 0 atom stereocenters. The van der Waals surface area contributed by atoms with Crippen molar-refractivity contribution in [1.82, 2.24) is 4.98 Å². The van der Waals surface area contributed by atoms with Gasteiger partial charge in [0, 0.05) is 37.5 Å². The van der Waals surface area contributed by atoms with Crippen LogP contribution in [0, 0.1) is 0 Å². The Morgan fingerprint density at radius 3 is 1.76 bits per heavy atom. The monoisotopic (exact) mass is 595 g/mol. The van der Waals surface area contributed by atoms with E-state index in [9.17, 15) is 0 Å². The average molecular weight is 596 g/mol. The van der Waals surface area contributed by atoms with E-state index in [0.717, 1.165) is 55.0 Å². The molecule has 6 aromatic carbocycles. The van der Waals surface area contributed by atoms with Crippen LogP contribution in [-0.2, 0) is 0 Å². The van der Waals surface area contributed by atoms with Gasteiger partial charge in [0.2, 0.25) is 0 Å². The molecule has 3 heterocycles. The van der Waals surface area contributed by atoms with E-state index in [2.05, 4.69) is 126 Å². The first-order chi connectivity index (χ1) is 22.2. The van der Waals surface area contributed by atoms with Gasteiger partial charge >= 0.3 is 0 Å². The van der Waals surface area contributed by atoms with Crippen LogP contribution in [0.1, 0.15) is 0 Å². The van der Waals surface area contributed by atoms with Crippen molar-refractivity contribution in [2.75, 3.05) is 0 Å². The number of para-hydroxylation sites is 1. The second-order valence-corrected chi connectivity index (χ2v) is 12.4. The van der Waals surface area contributed by atoms with E-state index in [1.807, 2.05) is 24.4 Å². The van der Waals surface area contributed by atoms with E-state index < -0.39 is 0 Å². The van der Waals surface area contributed by atoms with Gasteiger partial charge in [0.05, 0.1) is 6.20 Å². The van der Waals surface area contributed by atoms with E-state index >= 15 is 0 Å². The molecule has 0 saturated carbocycles. The Hall–Kier alpha value is -5.58. The Morgan fingerprint density at radius 2 is 0.956 bits per heavy atom. The van der Waals surface area contributed by atoms with Gasteiger partial charge in [-0.05, 0) is 100 Å². The van der Waals surface area contributed by atoms with Crippen LogP contribution in [0.4, 0.5) is 0 Å². The molecule has 0 spiro atoms. The lowest BCUT2D eigenvalue weighted by molar-refractivity contribution is 0.667. The summed E-state index contributed by atoms with van der Waals surface area (Å²) < 4.78 is 12.1. The molecule has 0 unspecified atom stereocenters. The van der Waals surface area contributed by atoms with Crippen molar-refractivity contribution in [1.29, 1.82) is 0 Å². The predicted octanol–water partition coefficient (Wildman–Crippen LogP) is 12.0. The molecule has 3 aromatic heterocycles. The SMILES string of the molecule is c1cc(Sc2cccc(-c3ccc4c(c3)oc3ccccc34)c2)cc(-c2cccc(-c3ccc4oc5cnccc5c4c3)c2)c1. The summed E-state index contributed by atoms with van der Waals surface area (Å²) in [5, 5.41) is 4.49. The number of benzene rings is 6. The topological polar surface area (TPSA) is 39.2 Å². The number of nitrogens with zero attached hydrogens (tertiary/aromatic N) is 1. The van der Waals surface area contributed by atoms with E-state index in [-0.39, 0.29) is 0 Å². The lowest BCUT2D eigenvalue weighted by Gasteiger charge is -2.09. The summed E-state index contributed by atoms with van der Waals surface area (Å²) in [6.45, 7) is 0. The molecule has 9 aromatic rings. The van der Waals surface area contributed by atoms with E-state index in [1.165, 1.54) is 32.0 Å². The van der Waals surface area contributed by atoms with Crippen LogP contribution in [0.15, 0.2) is 171 Å². The zero-order valence-corrected chi connectivity index (χ0v) is 24.9. The summed E-state index contributed by atoms with van der Waals surface area (Å²) in [5.41, 5.74) is 10.5. The van der Waals surface area contributed by atoms with Gasteiger partial charge in [-0.15, -0.1) is 0 Å². The lowest BCUT2D eigenvalue weighted by atomic mass is 9.98. The van der Waals surface area contributed by atoms with Gasteiger partial charge in [-0.3, -0.25) is 4.98 Å². The summed E-state index contributed by atoms with van der Waals surface area (Å²) in [7, 11) is 0. The molecule has 3 nitrogen and oxygen atoms in total. The predicted molar refractivity (Wildman–Crippen MR) is 186 cm³/mol. The Kier molecular flexibility index (Phi) is 6.06. The smallest absolute Gasteiger partial charge is 0.153 e. The minimum Gasteiger partial charge on any atom is -0.456 e. The molecule has 9 rings (SSSR count). The van der Waals surface area contributed by atoms with E-state index in [0.29, 0.717) is 0 Å². The summed E-state index contributed by atoms with van der Waals surface area (Å²) in [6.07, 6.45) is 3.59. The summed E-state index contributed by atoms with van der Waals surface area (Å²) in [4.78, 5) is 6.59. The minimum atomic E-state index is 0.811. The van der Waals surface area contributed by atoms with Gasteiger partial charge in [-0.2, -0.15) is 0 Å². The standard InChI is InChI=1S/C41H25NO2S/c1-2-13-38-34(12-1)35-16-14-31(24-40(35)43-38)29-9-5-11-33(22-29)45-32-10-4-8-28(21-32)26-6-3-7-27(20-26)30-15-17-39-37(23-30)36-18-19-42-25-41(36)44-39/h1-25H. The van der Waals surface area contributed by atoms with Crippen LogP contribution in [0.3, 0.4) is 0 Å². The number of pyridine rings is 1. The van der Waals surface area contributed by atoms with Crippen LogP contribution in [0.25, 0.3) is 77.3 Å². The largest absolute Gasteiger partial charge is 0.456 e. The number of hydrogen-bond acceptors (Lipinski definition) is 4. The van der Waals surface area contributed by atoms with Gasteiger partial charge in [0.1, 0.15) is 16.7 Å². The number of furan rings is 2. The van der Waals surface area contributed by atoms with Crippen LogP contribution < -0.4 is 0 Å². The first-order valence-electron chi connectivity index (χ1n) is 14.9. The highest BCUT2D eigenvalue weighted by atomic mass is 32.2. The van der Waals surface area contributed by atoms with Gasteiger partial charge < -0.3 is 8.83 Å². The minimum absolute atomic E-state index is 0.811. The Balaban J connectivity index is 1.00. The molecule has 212 valence electrons. The molecule has 45 heavy (non-hydrogen) atoms. The molecule has 4 heteroatoms. The molecule has 0 aliphatic heterocycles. The Bertz CT molecular complexity index is 2540. The van der Waals surface area contributed by atoms with Gasteiger partial charge in [-0.1, -0.05) is 84.6 Å². The van der Waals surface area contributed by atoms with Crippen molar-refractivity contribution < 1.29 is 8.83 Å². The maximum absolute atomic E-state index is 6.15. The van der Waals surface area contributed by atoms with Crippen molar-refractivity contribution in [3.05, 3.63) is 152 Å². The third-order valence-corrected chi connectivity index (χ3v) is 9.40. The van der Waals surface area contributed by atoms with Crippen molar-refractivity contribution >= 4 is 55.6 Å². The highest BCUT2D eigenvalue weighted by molar-refractivity contribution is 7.99. The zero-order chi connectivity index (χ0) is 29.7. The van der Waals surface area contributed by atoms with Crippen molar-refractivity contribution in [2.24, 2.45) is 0 Å². The number of fused-ring (bicyclic) bond motifs is 6. The maximum atomic E-state index is 6.15. The third kappa shape index (κ3) is 4.67. The molecule has 0 aliphatic carbocycles. The fourth-order valence-electron chi connectivity index (χ4n) is 6.21. The van der Waals surface area contributed by atoms with Crippen LogP contribution in [0.5, 0.6) is 0 Å². The molecule has 0 aliphatic rings. The van der Waals surface area contributed by atoms with Crippen LogP contribution in [-0.4, -0.2) is 4.98 Å². The van der Waals surface area contributed by atoms with Gasteiger partial charge in [0.25, 0.3) is 0 Å². The van der Waals surface area contributed by atoms with Crippen molar-refractivity contribution in [3.8, 4) is 33.4 Å². The van der Waals surface area contributed by atoms with Crippen LogP contribution >= 0.6 is 11.8 Å². The van der Waals surface area contributed by atoms with Gasteiger partial charge in [0.15, 0.2) is 5.58 Å². The van der Waals surface area contributed by atoms with E-state index in [1.54, 1.807) is 18.0 Å². The highest BCUT2D eigenvalue weighted by Gasteiger charge is 2.11. The summed E-state index contributed by atoms with van der Waals surface area (Å²) in [5.74, 6) is 0. The summed E-state index contributed by atoms with van der Waals surface area (Å²) in [6, 6.07) is 49.4. The molecule has 0 saturated heterocycles. The number of rotatable bonds is 5. The molecule has 0 bridgehead atoms. The Labute approximate surface area is 263 Å². The second kappa shape index (κ2) is 10.5. The quantitative estimate of drug-likeness (QED) is 0.198. The number of aromatic nitrogens is 1. The van der Waals surface area contributed by atoms with E-state index in [4.69, 9.17) is 8.83 Å². The molecular weight excluding hydrogens is 571 g/mol. The first kappa shape index (κ1) is 25.9. The Morgan fingerprint density at radius 1 is 0.378 bits per heavy atom. The van der Waals surface area contributed by atoms with Crippen molar-refractivity contribution in [3.63, 3.8) is 0 Å². The zero-order valence-electron chi connectivity index (χ0n) is 24.1. The second-order valence-electron chi connectivity index (χ2n) is 11.2. The fraction of sp³-hybridized carbons (Fsp3) is 0. The fourth-order valence-corrected chi connectivity index (χ4v) is 7.15. The first-order valence-corrected chi connectivity index (χ1v) is 15.7. The normalized spacial score (nSPS) is 11.6. The highest BCUT2D eigenvalue weighted by Crippen LogP contribution is 2.37. The lowest BCUT2D eigenvalue weighted by Crippen LogP contribution is -1.83. The molecule has 0 fully saturated rings. The van der Waals surface area contributed by atoms with Gasteiger partial charge in [-0.25, -0.2) is 0 Å². The molecule has 0 N–H and O–H groups in total. The summed E-state index contributed by atoms with van der Waals surface area (Å²) >= 11 is 1.78. The molecule has 0 radical (unpaired) electrons. The maximum Gasteiger partial charge on any atom is 0.153 e.